The third-order valence-corrected chi connectivity index (χ3v) is 4.50. The molecule has 5 atom stereocenters. The lowest BCUT2D eigenvalue weighted by Gasteiger charge is -2.16. The van der Waals surface area contributed by atoms with Crippen molar-refractivity contribution in [3.05, 3.63) is 48.6 Å². The van der Waals surface area contributed by atoms with Crippen molar-refractivity contribution >= 4 is 5.97 Å². The second kappa shape index (κ2) is 14.3. The van der Waals surface area contributed by atoms with Crippen LogP contribution in [0.15, 0.2) is 48.6 Å². The Kier molecular flexibility index (Phi) is 12.4. The number of hydrogen-bond donors (Lipinski definition) is 4. The van der Waals surface area contributed by atoms with Gasteiger partial charge in [0.1, 0.15) is 6.10 Å². The van der Waals surface area contributed by atoms with Gasteiger partial charge in [-0.1, -0.05) is 55.5 Å². The van der Waals surface area contributed by atoms with Gasteiger partial charge in [-0.2, -0.15) is 0 Å². The number of carboxylic acid groups (broad SMARTS) is 1. The van der Waals surface area contributed by atoms with Gasteiger partial charge >= 0.3 is 5.97 Å². The first-order chi connectivity index (χ1) is 13.4. The topological polar surface area (TPSA) is 107 Å². The van der Waals surface area contributed by atoms with Crippen LogP contribution in [-0.2, 0) is 9.53 Å². The van der Waals surface area contributed by atoms with Gasteiger partial charge in [-0.25, -0.2) is 0 Å². The van der Waals surface area contributed by atoms with E-state index < -0.39 is 36.5 Å². The minimum absolute atomic E-state index is 0.157. The average Bonchev–Trinajstić information content (AvgIpc) is 3.04. The van der Waals surface area contributed by atoms with Gasteiger partial charge in [0.05, 0.1) is 24.4 Å². The van der Waals surface area contributed by atoms with Crippen molar-refractivity contribution in [2.45, 2.75) is 82.4 Å². The smallest absolute Gasteiger partial charge is 0.303 e. The highest BCUT2D eigenvalue weighted by atomic mass is 16.5. The molecule has 0 saturated carbocycles. The van der Waals surface area contributed by atoms with Crippen molar-refractivity contribution in [3.63, 3.8) is 0 Å². The molecule has 1 heterocycles. The van der Waals surface area contributed by atoms with Crippen LogP contribution in [0.25, 0.3) is 0 Å². The van der Waals surface area contributed by atoms with Gasteiger partial charge < -0.3 is 25.2 Å². The van der Waals surface area contributed by atoms with Crippen LogP contribution >= 0.6 is 0 Å². The summed E-state index contributed by atoms with van der Waals surface area (Å²) in [5.74, 6) is -0.785. The molecule has 0 aromatic heterocycles. The molecule has 1 fully saturated rings. The summed E-state index contributed by atoms with van der Waals surface area (Å²) in [6, 6.07) is 0. The predicted octanol–water partition coefficient (Wildman–Crippen LogP) is 2.90. The number of hydrogen-bond acceptors (Lipinski definition) is 5. The van der Waals surface area contributed by atoms with E-state index in [0.29, 0.717) is 25.7 Å². The van der Waals surface area contributed by atoms with Gasteiger partial charge in [0.2, 0.25) is 0 Å². The monoisotopic (exact) mass is 394 g/mol. The van der Waals surface area contributed by atoms with E-state index in [2.05, 4.69) is 0 Å². The van der Waals surface area contributed by atoms with E-state index in [9.17, 15) is 20.1 Å². The standard InChI is InChI=1S/C22H34O6/c1-2-17(23)14-15-20-19(25)16-21(28-20)18(24)12-10-8-6-4-3-5-7-9-11-13-22(26)27/h3-4,7-10,14-15,17-21,23-25H,2,5-6,11-13,16H2,1H3,(H,26,27)/b4-3-,9-7-,10-8-,15-14+/t17-,18+,19+,20-,21-/m0/s1. The summed E-state index contributed by atoms with van der Waals surface area (Å²) in [7, 11) is 0. The zero-order valence-corrected chi connectivity index (χ0v) is 16.6. The van der Waals surface area contributed by atoms with Crippen LogP contribution in [-0.4, -0.2) is 56.9 Å². The zero-order valence-electron chi connectivity index (χ0n) is 16.6. The lowest BCUT2D eigenvalue weighted by atomic mass is 10.0. The third-order valence-electron chi connectivity index (χ3n) is 4.50. The fraction of sp³-hybridized carbons (Fsp3) is 0.591. The van der Waals surface area contributed by atoms with Gasteiger partial charge in [0.15, 0.2) is 0 Å². The maximum absolute atomic E-state index is 10.4. The molecule has 1 aliphatic rings. The summed E-state index contributed by atoms with van der Waals surface area (Å²) in [5, 5.41) is 38.3. The highest BCUT2D eigenvalue weighted by Gasteiger charge is 2.35. The first-order valence-electron chi connectivity index (χ1n) is 9.98. The molecule has 0 aromatic rings. The highest BCUT2D eigenvalue weighted by Crippen LogP contribution is 2.25. The first-order valence-corrected chi connectivity index (χ1v) is 9.98. The maximum Gasteiger partial charge on any atom is 0.303 e. The molecular formula is C22H34O6. The average molecular weight is 395 g/mol. The Bertz CT molecular complexity index is 551. The van der Waals surface area contributed by atoms with Crippen LogP contribution in [0.5, 0.6) is 0 Å². The van der Waals surface area contributed by atoms with Crippen LogP contribution < -0.4 is 0 Å². The lowest BCUT2D eigenvalue weighted by molar-refractivity contribution is -0.136. The SMILES string of the molecule is CC[C@H](O)/C=C/[C@@H]1O[C@H]([C@H](O)C/C=C\C/C=C\C/C=C\CCC(=O)O)C[C@H]1O. The summed E-state index contributed by atoms with van der Waals surface area (Å²) in [4.78, 5) is 10.4. The molecule has 4 N–H and O–H groups in total. The minimum atomic E-state index is -0.785. The maximum atomic E-state index is 10.4. The van der Waals surface area contributed by atoms with E-state index in [1.807, 2.05) is 43.4 Å². The Labute approximate surface area is 167 Å². The first kappa shape index (κ1) is 24.3. The van der Waals surface area contributed by atoms with Crippen LogP contribution in [0.1, 0.15) is 51.9 Å². The number of aliphatic hydroxyl groups is 3. The van der Waals surface area contributed by atoms with Gasteiger partial charge in [-0.05, 0) is 32.1 Å². The van der Waals surface area contributed by atoms with Crippen molar-refractivity contribution in [3.8, 4) is 0 Å². The molecule has 0 amide bonds. The number of allylic oxidation sites excluding steroid dienone is 5. The molecule has 0 unspecified atom stereocenters. The Morgan fingerprint density at radius 2 is 1.75 bits per heavy atom. The number of aliphatic hydroxyl groups excluding tert-OH is 3. The van der Waals surface area contributed by atoms with Crippen LogP contribution in [0.3, 0.4) is 0 Å². The number of rotatable bonds is 13. The lowest BCUT2D eigenvalue weighted by Crippen LogP contribution is -2.25. The molecule has 0 aromatic carbocycles. The fourth-order valence-corrected chi connectivity index (χ4v) is 2.77. The van der Waals surface area contributed by atoms with Crippen LogP contribution in [0.2, 0.25) is 0 Å². The van der Waals surface area contributed by atoms with Crippen molar-refractivity contribution in [1.29, 1.82) is 0 Å². The van der Waals surface area contributed by atoms with Crippen molar-refractivity contribution in [2.24, 2.45) is 0 Å². The van der Waals surface area contributed by atoms with Crippen molar-refractivity contribution < 1.29 is 30.0 Å². The van der Waals surface area contributed by atoms with E-state index in [1.54, 1.807) is 12.2 Å². The molecule has 0 radical (unpaired) electrons. The Morgan fingerprint density at radius 1 is 1.11 bits per heavy atom. The van der Waals surface area contributed by atoms with Gasteiger partial charge in [-0.15, -0.1) is 0 Å². The summed E-state index contributed by atoms with van der Waals surface area (Å²) in [6.45, 7) is 1.87. The van der Waals surface area contributed by atoms with Crippen LogP contribution in [0, 0.1) is 0 Å². The van der Waals surface area contributed by atoms with Crippen molar-refractivity contribution in [1.82, 2.24) is 0 Å². The Hall–Kier alpha value is -1.73. The van der Waals surface area contributed by atoms with E-state index >= 15 is 0 Å². The molecule has 1 aliphatic heterocycles. The quantitative estimate of drug-likeness (QED) is 0.358. The Balaban J connectivity index is 2.22. The molecule has 28 heavy (non-hydrogen) atoms. The number of aliphatic carboxylic acids is 1. The molecule has 0 bridgehead atoms. The molecule has 0 spiro atoms. The molecular weight excluding hydrogens is 360 g/mol. The summed E-state index contributed by atoms with van der Waals surface area (Å²) < 4.78 is 5.70. The minimum Gasteiger partial charge on any atom is -0.481 e. The van der Waals surface area contributed by atoms with E-state index in [1.165, 1.54) is 0 Å². The molecule has 1 saturated heterocycles. The number of carboxylic acids is 1. The fourth-order valence-electron chi connectivity index (χ4n) is 2.77. The molecule has 0 aliphatic carbocycles. The predicted molar refractivity (Wildman–Crippen MR) is 109 cm³/mol. The van der Waals surface area contributed by atoms with E-state index in [4.69, 9.17) is 9.84 Å². The van der Waals surface area contributed by atoms with E-state index in [-0.39, 0.29) is 6.42 Å². The van der Waals surface area contributed by atoms with Crippen molar-refractivity contribution in [2.75, 3.05) is 0 Å². The highest BCUT2D eigenvalue weighted by molar-refractivity contribution is 5.66. The van der Waals surface area contributed by atoms with Gasteiger partial charge in [-0.3, -0.25) is 4.79 Å². The number of ether oxygens (including phenoxy) is 1. The summed E-state index contributed by atoms with van der Waals surface area (Å²) >= 11 is 0. The Morgan fingerprint density at radius 3 is 2.39 bits per heavy atom. The second-order valence-corrected chi connectivity index (χ2v) is 6.92. The van der Waals surface area contributed by atoms with Gasteiger partial charge in [0, 0.05) is 12.8 Å². The normalized spacial score (nSPS) is 25.5. The number of carbonyl (C=O) groups is 1. The van der Waals surface area contributed by atoms with Gasteiger partial charge in [0.25, 0.3) is 0 Å². The summed E-state index contributed by atoms with van der Waals surface area (Å²) in [5.41, 5.74) is 0. The molecule has 6 nitrogen and oxygen atoms in total. The van der Waals surface area contributed by atoms with E-state index in [0.717, 1.165) is 12.8 Å². The third kappa shape index (κ3) is 10.6. The second-order valence-electron chi connectivity index (χ2n) is 6.92. The molecule has 6 heteroatoms. The zero-order chi connectivity index (χ0) is 20.8. The van der Waals surface area contributed by atoms with Crippen LogP contribution in [0.4, 0.5) is 0 Å². The molecule has 1 rings (SSSR count). The summed E-state index contributed by atoms with van der Waals surface area (Å²) in [6.07, 6.45) is 15.9. The molecule has 158 valence electrons. The largest absolute Gasteiger partial charge is 0.481 e.